The molecule has 0 saturated heterocycles. The zero-order valence-corrected chi connectivity index (χ0v) is 16.0. The van der Waals surface area contributed by atoms with E-state index >= 15 is 0 Å². The van der Waals surface area contributed by atoms with Crippen molar-refractivity contribution in [2.45, 2.75) is 77.4 Å². The molecule has 0 amide bonds. The standard InChI is InChI=1S/C18H28BrF3N2/c1-2-3-4-5-6-7-8-9-10-11-14-24(18(20,21)22)17-13-12-16(19)15-23-17/h12-13,15H,2-11,14H2,1H3. The Morgan fingerprint density at radius 2 is 1.46 bits per heavy atom. The van der Waals surface area contributed by atoms with E-state index in [9.17, 15) is 13.2 Å². The van der Waals surface area contributed by atoms with Crippen LogP contribution in [0, 0.1) is 0 Å². The lowest BCUT2D eigenvalue weighted by atomic mass is 10.1. The highest BCUT2D eigenvalue weighted by Gasteiger charge is 2.37. The summed E-state index contributed by atoms with van der Waals surface area (Å²) in [6.07, 6.45) is 8.08. The molecule has 0 radical (unpaired) electrons. The van der Waals surface area contributed by atoms with E-state index in [1.165, 1.54) is 50.8 Å². The molecule has 0 fully saturated rings. The zero-order chi connectivity index (χ0) is 17.8. The van der Waals surface area contributed by atoms with Crippen LogP contribution < -0.4 is 4.90 Å². The number of halogens is 4. The normalized spacial score (nSPS) is 11.7. The molecule has 0 aliphatic rings. The number of unbranched alkanes of at least 4 members (excludes halogenated alkanes) is 9. The Morgan fingerprint density at radius 3 is 1.92 bits per heavy atom. The van der Waals surface area contributed by atoms with Gasteiger partial charge in [0.05, 0.1) is 0 Å². The first-order valence-electron chi connectivity index (χ1n) is 8.91. The van der Waals surface area contributed by atoms with Crippen LogP contribution in [0.5, 0.6) is 0 Å². The van der Waals surface area contributed by atoms with Crippen LogP contribution in [0.3, 0.4) is 0 Å². The first-order chi connectivity index (χ1) is 11.4. The molecule has 0 spiro atoms. The second-order valence-corrected chi connectivity index (χ2v) is 7.05. The van der Waals surface area contributed by atoms with Gasteiger partial charge in [-0.25, -0.2) is 4.98 Å². The minimum Gasteiger partial charge on any atom is -0.268 e. The number of anilines is 1. The fraction of sp³-hybridized carbons (Fsp3) is 0.722. The number of nitrogens with zero attached hydrogens (tertiary/aromatic N) is 2. The molecule has 24 heavy (non-hydrogen) atoms. The van der Waals surface area contributed by atoms with Crippen molar-refractivity contribution in [1.29, 1.82) is 0 Å². The van der Waals surface area contributed by atoms with Crippen LogP contribution in [-0.2, 0) is 0 Å². The Bertz CT molecular complexity index is 435. The smallest absolute Gasteiger partial charge is 0.268 e. The highest BCUT2D eigenvalue weighted by atomic mass is 79.9. The molecule has 1 aromatic heterocycles. The third kappa shape index (κ3) is 8.90. The number of aromatic nitrogens is 1. The molecule has 0 atom stereocenters. The average molecular weight is 409 g/mol. The van der Waals surface area contributed by atoms with Gasteiger partial charge in [-0.15, -0.1) is 0 Å². The van der Waals surface area contributed by atoms with Crippen LogP contribution in [-0.4, -0.2) is 17.8 Å². The molecule has 0 unspecified atom stereocenters. The minimum absolute atomic E-state index is 0.0331. The summed E-state index contributed by atoms with van der Waals surface area (Å²) in [5, 5.41) is 0. The molecule has 6 heteroatoms. The van der Waals surface area contributed by atoms with Gasteiger partial charge >= 0.3 is 6.30 Å². The van der Waals surface area contributed by atoms with E-state index in [0.29, 0.717) is 15.8 Å². The fourth-order valence-corrected chi connectivity index (χ4v) is 2.89. The van der Waals surface area contributed by atoms with Crippen LogP contribution >= 0.6 is 15.9 Å². The van der Waals surface area contributed by atoms with Gasteiger partial charge in [-0.05, 0) is 34.5 Å². The summed E-state index contributed by atoms with van der Waals surface area (Å²) in [4.78, 5) is 4.30. The van der Waals surface area contributed by atoms with Gasteiger partial charge in [0.15, 0.2) is 0 Å². The van der Waals surface area contributed by atoms with Gasteiger partial charge < -0.3 is 0 Å². The lowest BCUT2D eigenvalue weighted by molar-refractivity contribution is -0.129. The van der Waals surface area contributed by atoms with Crippen molar-refractivity contribution < 1.29 is 13.2 Å². The maximum atomic E-state index is 13.2. The van der Waals surface area contributed by atoms with Gasteiger partial charge in [0.1, 0.15) is 5.82 Å². The van der Waals surface area contributed by atoms with Crippen LogP contribution in [0.2, 0.25) is 0 Å². The molecule has 1 rings (SSSR count). The lowest BCUT2D eigenvalue weighted by Crippen LogP contribution is -2.39. The Balaban J connectivity index is 2.23. The van der Waals surface area contributed by atoms with Crippen molar-refractivity contribution in [3.05, 3.63) is 22.8 Å². The number of alkyl halides is 3. The van der Waals surface area contributed by atoms with E-state index in [1.54, 1.807) is 6.07 Å². The Kier molecular flexibility index (Phi) is 10.4. The predicted molar refractivity (Wildman–Crippen MR) is 97.2 cm³/mol. The van der Waals surface area contributed by atoms with Crippen LogP contribution in [0.1, 0.15) is 71.1 Å². The third-order valence-electron chi connectivity index (χ3n) is 4.03. The summed E-state index contributed by atoms with van der Waals surface area (Å²) in [6.45, 7) is 2.17. The minimum atomic E-state index is -4.39. The second-order valence-electron chi connectivity index (χ2n) is 6.14. The molecule has 1 aromatic rings. The number of pyridine rings is 1. The summed E-state index contributed by atoms with van der Waals surface area (Å²) in [6, 6.07) is 2.98. The average Bonchev–Trinajstić information content (AvgIpc) is 2.53. The molecule has 1 heterocycles. The molecule has 0 N–H and O–H groups in total. The molecule has 0 aliphatic heterocycles. The fourth-order valence-electron chi connectivity index (χ4n) is 2.66. The van der Waals surface area contributed by atoms with Crippen molar-refractivity contribution >= 4 is 21.7 Å². The Morgan fingerprint density at radius 1 is 0.917 bits per heavy atom. The van der Waals surface area contributed by atoms with Crippen molar-refractivity contribution in [2.24, 2.45) is 0 Å². The quantitative estimate of drug-likeness (QED) is 0.271. The van der Waals surface area contributed by atoms with Gasteiger partial charge in [-0.3, -0.25) is 4.90 Å². The molecular formula is C18H28BrF3N2. The van der Waals surface area contributed by atoms with Crippen molar-refractivity contribution in [3.8, 4) is 0 Å². The van der Waals surface area contributed by atoms with Gasteiger partial charge in [0.2, 0.25) is 0 Å². The van der Waals surface area contributed by atoms with Crippen LogP contribution in [0.15, 0.2) is 22.8 Å². The maximum Gasteiger partial charge on any atom is 0.486 e. The Labute approximate surface area is 152 Å². The SMILES string of the molecule is CCCCCCCCCCCCN(c1ccc(Br)cn1)C(F)(F)F. The second kappa shape index (κ2) is 11.7. The zero-order valence-electron chi connectivity index (χ0n) is 14.4. The molecular weight excluding hydrogens is 381 g/mol. The highest BCUT2D eigenvalue weighted by Crippen LogP contribution is 2.28. The Hall–Kier alpha value is -0.780. The third-order valence-corrected chi connectivity index (χ3v) is 4.50. The summed E-state index contributed by atoms with van der Waals surface area (Å²) >= 11 is 3.19. The van der Waals surface area contributed by atoms with E-state index in [4.69, 9.17) is 0 Å². The predicted octanol–water partition coefficient (Wildman–Crippen LogP) is 7.09. The molecule has 0 bridgehead atoms. The molecule has 2 nitrogen and oxygen atoms in total. The van der Waals surface area contributed by atoms with Crippen LogP contribution in [0.4, 0.5) is 19.0 Å². The van der Waals surface area contributed by atoms with Gasteiger partial charge in [-0.1, -0.05) is 64.7 Å². The number of hydrogen-bond donors (Lipinski definition) is 0. The molecule has 0 aliphatic carbocycles. The van der Waals surface area contributed by atoms with Gasteiger partial charge in [0.25, 0.3) is 0 Å². The van der Waals surface area contributed by atoms with E-state index in [1.807, 2.05) is 0 Å². The lowest BCUT2D eigenvalue weighted by Gasteiger charge is -2.26. The molecule has 138 valence electrons. The maximum absolute atomic E-state index is 13.2. The van der Waals surface area contributed by atoms with E-state index in [0.717, 1.165) is 19.3 Å². The molecule has 0 aromatic carbocycles. The van der Waals surface area contributed by atoms with Gasteiger partial charge in [-0.2, -0.15) is 13.2 Å². The summed E-state index contributed by atoms with van der Waals surface area (Å²) < 4.78 is 40.1. The topological polar surface area (TPSA) is 16.1 Å². The largest absolute Gasteiger partial charge is 0.486 e. The monoisotopic (exact) mass is 408 g/mol. The summed E-state index contributed by atoms with van der Waals surface area (Å²) in [5.74, 6) is -0.0402. The van der Waals surface area contributed by atoms with E-state index < -0.39 is 6.30 Å². The highest BCUT2D eigenvalue weighted by molar-refractivity contribution is 9.10. The summed E-state index contributed by atoms with van der Waals surface area (Å²) in [7, 11) is 0. The molecule has 0 saturated carbocycles. The van der Waals surface area contributed by atoms with E-state index in [2.05, 4.69) is 27.8 Å². The van der Waals surface area contributed by atoms with Gasteiger partial charge in [0, 0.05) is 17.2 Å². The number of hydrogen-bond acceptors (Lipinski definition) is 2. The van der Waals surface area contributed by atoms with Crippen molar-refractivity contribution in [1.82, 2.24) is 4.98 Å². The van der Waals surface area contributed by atoms with Crippen molar-refractivity contribution in [2.75, 3.05) is 11.4 Å². The van der Waals surface area contributed by atoms with Crippen LogP contribution in [0.25, 0.3) is 0 Å². The first kappa shape index (κ1) is 21.3. The van der Waals surface area contributed by atoms with E-state index in [-0.39, 0.29) is 12.4 Å². The number of rotatable bonds is 12. The van der Waals surface area contributed by atoms with Crippen molar-refractivity contribution in [3.63, 3.8) is 0 Å². The first-order valence-corrected chi connectivity index (χ1v) is 9.70. The summed E-state index contributed by atoms with van der Waals surface area (Å²) in [5.41, 5.74) is 0.